The first kappa shape index (κ1) is 19.6. The molecule has 0 bridgehead atoms. The van der Waals surface area contributed by atoms with Crippen molar-refractivity contribution in [1.82, 2.24) is 20.4 Å². The van der Waals surface area contributed by atoms with Gasteiger partial charge in [0.2, 0.25) is 5.91 Å². The number of amides is 3. The summed E-state index contributed by atoms with van der Waals surface area (Å²) in [5.74, 6) is -0.299. The fourth-order valence-electron chi connectivity index (χ4n) is 3.95. The summed E-state index contributed by atoms with van der Waals surface area (Å²) in [5.41, 5.74) is 1.10. The van der Waals surface area contributed by atoms with E-state index in [1.807, 2.05) is 12.1 Å². The Morgan fingerprint density at radius 1 is 1.07 bits per heavy atom. The zero-order chi connectivity index (χ0) is 19.2. The van der Waals surface area contributed by atoms with Crippen LogP contribution < -0.4 is 10.6 Å². The van der Waals surface area contributed by atoms with Crippen molar-refractivity contribution in [3.05, 3.63) is 35.6 Å². The molecule has 148 valence electrons. The number of halogens is 1. The second-order valence-corrected chi connectivity index (χ2v) is 7.45. The van der Waals surface area contributed by atoms with Crippen LogP contribution in [0.4, 0.5) is 9.18 Å². The van der Waals surface area contributed by atoms with Crippen LogP contribution in [-0.4, -0.2) is 60.5 Å². The van der Waals surface area contributed by atoms with E-state index < -0.39 is 0 Å². The first-order chi connectivity index (χ1) is 13.1. The van der Waals surface area contributed by atoms with Crippen LogP contribution in [0.1, 0.15) is 37.7 Å². The summed E-state index contributed by atoms with van der Waals surface area (Å²) in [4.78, 5) is 28.7. The average molecular weight is 376 g/mol. The Morgan fingerprint density at radius 2 is 1.78 bits per heavy atom. The number of hydrogen-bond acceptors (Lipinski definition) is 3. The highest BCUT2D eigenvalue weighted by Crippen LogP contribution is 2.19. The minimum atomic E-state index is -0.359. The van der Waals surface area contributed by atoms with E-state index >= 15 is 0 Å². The van der Waals surface area contributed by atoms with Gasteiger partial charge in [0.05, 0.1) is 0 Å². The Labute approximate surface area is 160 Å². The zero-order valence-electron chi connectivity index (χ0n) is 15.9. The molecule has 2 heterocycles. The first-order valence-electron chi connectivity index (χ1n) is 9.82. The quantitative estimate of drug-likeness (QED) is 0.846. The number of likely N-dealkylation sites (tertiary alicyclic amines) is 2. The van der Waals surface area contributed by atoms with Gasteiger partial charge < -0.3 is 15.5 Å². The number of nitrogens with zero attached hydrogens (tertiary/aromatic N) is 2. The van der Waals surface area contributed by atoms with E-state index in [2.05, 4.69) is 15.5 Å². The summed E-state index contributed by atoms with van der Waals surface area (Å²) in [6, 6.07) is 6.27. The Morgan fingerprint density at radius 3 is 2.44 bits per heavy atom. The van der Waals surface area contributed by atoms with Crippen molar-refractivity contribution in [3.8, 4) is 0 Å². The number of hydrogen-bond donors (Lipinski definition) is 2. The zero-order valence-corrected chi connectivity index (χ0v) is 15.9. The molecular formula is C20H29FN4O2. The molecule has 2 saturated heterocycles. The van der Waals surface area contributed by atoms with Gasteiger partial charge in [-0.3, -0.25) is 9.69 Å². The molecule has 1 aromatic rings. The number of likely N-dealkylation sites (N-methyl/N-ethyl adjacent to an activating group) is 1. The number of piperidine rings is 2. The maximum atomic E-state index is 13.0. The minimum Gasteiger partial charge on any atom is -0.357 e. The first-order valence-corrected chi connectivity index (χ1v) is 9.82. The molecule has 0 spiro atoms. The van der Waals surface area contributed by atoms with Crippen molar-refractivity contribution in [2.75, 3.05) is 26.7 Å². The topological polar surface area (TPSA) is 64.7 Å². The highest BCUT2D eigenvalue weighted by Gasteiger charge is 2.32. The smallest absolute Gasteiger partial charge is 0.318 e. The maximum Gasteiger partial charge on any atom is 0.318 e. The summed E-state index contributed by atoms with van der Waals surface area (Å²) >= 11 is 0. The summed E-state index contributed by atoms with van der Waals surface area (Å²) < 4.78 is 13.0. The molecule has 6 nitrogen and oxygen atoms in total. The van der Waals surface area contributed by atoms with Crippen molar-refractivity contribution in [1.29, 1.82) is 0 Å². The van der Waals surface area contributed by atoms with E-state index in [0.29, 0.717) is 6.54 Å². The summed E-state index contributed by atoms with van der Waals surface area (Å²) in [6.45, 7) is 3.21. The van der Waals surface area contributed by atoms with Crippen LogP contribution in [0.3, 0.4) is 0 Å². The third-order valence-corrected chi connectivity index (χ3v) is 5.55. The molecule has 1 aromatic carbocycles. The molecule has 0 saturated carbocycles. The van der Waals surface area contributed by atoms with E-state index in [-0.39, 0.29) is 29.8 Å². The van der Waals surface area contributed by atoms with Crippen LogP contribution in [0.25, 0.3) is 0 Å². The molecule has 3 amide bonds. The minimum absolute atomic E-state index is 0.0843. The van der Waals surface area contributed by atoms with Crippen molar-refractivity contribution < 1.29 is 14.0 Å². The number of nitrogens with one attached hydrogen (secondary N) is 2. The van der Waals surface area contributed by atoms with Crippen molar-refractivity contribution in [2.45, 2.75) is 50.7 Å². The van der Waals surface area contributed by atoms with Gasteiger partial charge in [0.15, 0.2) is 0 Å². The van der Waals surface area contributed by atoms with E-state index in [4.69, 9.17) is 0 Å². The second-order valence-electron chi connectivity index (χ2n) is 7.45. The van der Waals surface area contributed by atoms with Gasteiger partial charge in [-0.25, -0.2) is 9.18 Å². The van der Waals surface area contributed by atoms with Crippen LogP contribution in [0.5, 0.6) is 0 Å². The molecule has 2 aliphatic heterocycles. The SMILES string of the molecule is CNC(=O)[C@H]1CCCCN1C(=O)NC1CCN(Cc2ccc(F)cc2)CC1. The van der Waals surface area contributed by atoms with Crippen LogP contribution in [0.2, 0.25) is 0 Å². The van der Waals surface area contributed by atoms with Crippen molar-refractivity contribution in [2.24, 2.45) is 0 Å². The Bertz CT molecular complexity index is 644. The highest BCUT2D eigenvalue weighted by molar-refractivity contribution is 5.87. The standard InChI is InChI=1S/C20H29FN4O2/c1-22-19(26)18-4-2-3-11-25(18)20(27)23-17-9-12-24(13-10-17)14-15-5-7-16(21)8-6-15/h5-8,17-18H,2-4,9-14H2,1H3,(H,22,26)(H,23,27)/t18-/m1/s1. The summed E-state index contributed by atoms with van der Waals surface area (Å²) in [5, 5.41) is 5.79. The van der Waals surface area contributed by atoms with Gasteiger partial charge in [0.1, 0.15) is 11.9 Å². The molecule has 0 radical (unpaired) electrons. The van der Waals surface area contributed by atoms with Crippen LogP contribution >= 0.6 is 0 Å². The van der Waals surface area contributed by atoms with Gasteiger partial charge in [0.25, 0.3) is 0 Å². The third-order valence-electron chi connectivity index (χ3n) is 5.55. The maximum absolute atomic E-state index is 13.0. The predicted molar refractivity (Wildman–Crippen MR) is 102 cm³/mol. The fraction of sp³-hybridized carbons (Fsp3) is 0.600. The molecule has 2 aliphatic rings. The lowest BCUT2D eigenvalue weighted by Gasteiger charge is -2.37. The molecule has 2 N–H and O–H groups in total. The molecule has 0 aliphatic carbocycles. The van der Waals surface area contributed by atoms with Crippen molar-refractivity contribution >= 4 is 11.9 Å². The number of urea groups is 1. The number of rotatable bonds is 4. The van der Waals surface area contributed by atoms with Gasteiger partial charge in [-0.15, -0.1) is 0 Å². The Balaban J connectivity index is 1.47. The Kier molecular flexibility index (Phi) is 6.66. The molecular weight excluding hydrogens is 347 g/mol. The van der Waals surface area contributed by atoms with E-state index in [1.54, 1.807) is 11.9 Å². The molecule has 2 fully saturated rings. The lowest BCUT2D eigenvalue weighted by atomic mass is 10.0. The lowest BCUT2D eigenvalue weighted by molar-refractivity contribution is -0.125. The molecule has 3 rings (SSSR count). The van der Waals surface area contributed by atoms with E-state index in [0.717, 1.165) is 57.3 Å². The van der Waals surface area contributed by atoms with Gasteiger partial charge in [-0.1, -0.05) is 12.1 Å². The number of benzene rings is 1. The van der Waals surface area contributed by atoms with E-state index in [1.165, 1.54) is 12.1 Å². The third kappa shape index (κ3) is 5.19. The van der Waals surface area contributed by atoms with Crippen LogP contribution in [0, 0.1) is 5.82 Å². The molecule has 7 heteroatoms. The number of carbonyl (C=O) groups is 2. The van der Waals surface area contributed by atoms with Crippen LogP contribution in [-0.2, 0) is 11.3 Å². The molecule has 0 unspecified atom stereocenters. The van der Waals surface area contributed by atoms with Crippen molar-refractivity contribution in [3.63, 3.8) is 0 Å². The molecule has 27 heavy (non-hydrogen) atoms. The predicted octanol–water partition coefficient (Wildman–Crippen LogP) is 2.10. The monoisotopic (exact) mass is 376 g/mol. The summed E-state index contributed by atoms with van der Waals surface area (Å²) in [6.07, 6.45) is 4.40. The second kappa shape index (κ2) is 9.17. The Hall–Kier alpha value is -2.15. The molecule has 0 aromatic heterocycles. The van der Waals surface area contributed by atoms with Gasteiger partial charge >= 0.3 is 6.03 Å². The lowest BCUT2D eigenvalue weighted by Crippen LogP contribution is -2.56. The van der Waals surface area contributed by atoms with E-state index in [9.17, 15) is 14.0 Å². The largest absolute Gasteiger partial charge is 0.357 e. The summed E-state index contributed by atoms with van der Waals surface area (Å²) in [7, 11) is 1.61. The number of carbonyl (C=O) groups excluding carboxylic acids is 2. The van der Waals surface area contributed by atoms with Crippen LogP contribution in [0.15, 0.2) is 24.3 Å². The van der Waals surface area contributed by atoms with Gasteiger partial charge in [0, 0.05) is 39.3 Å². The van der Waals surface area contributed by atoms with Gasteiger partial charge in [-0.2, -0.15) is 0 Å². The normalized spacial score (nSPS) is 21.7. The molecule has 1 atom stereocenters. The highest BCUT2D eigenvalue weighted by atomic mass is 19.1. The fourth-order valence-corrected chi connectivity index (χ4v) is 3.95. The van der Waals surface area contributed by atoms with Gasteiger partial charge in [-0.05, 0) is 49.8 Å². The average Bonchev–Trinajstić information content (AvgIpc) is 2.70.